The number of nitrogens with zero attached hydrogens (tertiary/aromatic N) is 4. The van der Waals surface area contributed by atoms with E-state index in [2.05, 4.69) is 14.9 Å². The number of halogens is 2. The van der Waals surface area contributed by atoms with Crippen molar-refractivity contribution in [3.63, 3.8) is 0 Å². The largest absolute Gasteiger partial charge is 0.453 e. The molecule has 0 spiro atoms. The maximum absolute atomic E-state index is 15.3. The van der Waals surface area contributed by atoms with Gasteiger partial charge in [0.2, 0.25) is 11.8 Å². The van der Waals surface area contributed by atoms with Gasteiger partial charge < -0.3 is 15.0 Å². The fraction of sp³-hybridized carbons (Fsp3) is 0.0769. The molecule has 12 heteroatoms. The van der Waals surface area contributed by atoms with Gasteiger partial charge in [-0.25, -0.2) is 9.37 Å². The number of imidazole rings is 1. The van der Waals surface area contributed by atoms with Crippen molar-refractivity contribution in [1.82, 2.24) is 14.5 Å². The highest BCUT2D eigenvalue weighted by Crippen LogP contribution is 2.40. The Morgan fingerprint density at radius 1 is 1.05 bits per heavy atom. The van der Waals surface area contributed by atoms with Gasteiger partial charge in [-0.2, -0.15) is 0 Å². The van der Waals surface area contributed by atoms with Crippen LogP contribution in [0.2, 0.25) is 0 Å². The summed E-state index contributed by atoms with van der Waals surface area (Å²) in [6.45, 7) is 0. The van der Waals surface area contributed by atoms with Crippen molar-refractivity contribution in [3.05, 3.63) is 79.0 Å². The number of rotatable bonds is 8. The highest BCUT2D eigenvalue weighted by Gasteiger charge is 2.25. The Morgan fingerprint density at radius 2 is 1.87 bits per heavy atom. The van der Waals surface area contributed by atoms with Gasteiger partial charge in [-0.05, 0) is 30.3 Å². The van der Waals surface area contributed by atoms with Crippen LogP contribution in [-0.4, -0.2) is 26.3 Å². The van der Waals surface area contributed by atoms with Crippen LogP contribution in [0.5, 0.6) is 17.2 Å². The number of ether oxygens (including phenoxy) is 1. The van der Waals surface area contributed by atoms with Gasteiger partial charge in [-0.1, -0.05) is 12.1 Å². The van der Waals surface area contributed by atoms with Crippen LogP contribution in [0.4, 0.5) is 20.3 Å². The predicted molar refractivity (Wildman–Crippen MR) is 137 cm³/mol. The third-order valence-corrected chi connectivity index (χ3v) is 6.71. The molecule has 3 heterocycles. The van der Waals surface area contributed by atoms with Crippen molar-refractivity contribution in [3.8, 4) is 28.0 Å². The number of fused-ring (bicyclic) bond motifs is 1. The van der Waals surface area contributed by atoms with E-state index in [1.807, 2.05) is 23.9 Å². The fourth-order valence-corrected chi connectivity index (χ4v) is 5.00. The quantitative estimate of drug-likeness (QED) is 0.265. The molecule has 38 heavy (non-hydrogen) atoms. The zero-order valence-electron chi connectivity index (χ0n) is 19.8. The lowest BCUT2D eigenvalue weighted by atomic mass is 10.2. The molecule has 2 amide bonds. The number of amides is 2. The second-order valence-electron chi connectivity index (χ2n) is 8.13. The molecule has 9 nitrogen and oxygen atoms in total. The molecule has 0 aliphatic carbocycles. The number of aryl methyl sites for hydroxylation is 1. The minimum absolute atomic E-state index is 0.0127. The van der Waals surface area contributed by atoms with E-state index in [0.717, 1.165) is 21.7 Å². The third-order valence-electron chi connectivity index (χ3n) is 5.58. The topological polar surface area (TPSA) is 113 Å². The summed E-state index contributed by atoms with van der Waals surface area (Å²) in [6.07, 6.45) is 4.39. The van der Waals surface area contributed by atoms with Gasteiger partial charge in [0.15, 0.2) is 17.3 Å². The molecule has 2 N–H and O–H groups in total. The van der Waals surface area contributed by atoms with Gasteiger partial charge in [0, 0.05) is 42.3 Å². The molecular weight excluding hydrogens is 516 g/mol. The average Bonchev–Trinajstić information content (AvgIpc) is 3.52. The van der Waals surface area contributed by atoms with Crippen LogP contribution in [0, 0.1) is 5.82 Å². The summed E-state index contributed by atoms with van der Waals surface area (Å²) >= 11 is 1.40. The predicted octanol–water partition coefficient (Wildman–Crippen LogP) is 5.43. The number of primary amides is 1. The Morgan fingerprint density at radius 3 is 2.58 bits per heavy atom. The molecule has 0 atom stereocenters. The number of nitrogens with two attached hydrogens (primary N) is 1. The first kappa shape index (κ1) is 24.8. The van der Waals surface area contributed by atoms with Crippen LogP contribution in [0.3, 0.4) is 0 Å². The molecule has 2 aromatic carbocycles. The van der Waals surface area contributed by atoms with E-state index in [0.29, 0.717) is 16.0 Å². The molecular formula is C26H19F2N5O4S. The average molecular weight is 536 g/mol. The third kappa shape index (κ3) is 4.76. The zero-order valence-corrected chi connectivity index (χ0v) is 20.6. The number of pyridine rings is 1. The normalized spacial score (nSPS) is 10.9. The van der Waals surface area contributed by atoms with Crippen LogP contribution >= 0.6 is 11.3 Å². The monoisotopic (exact) mass is 535 g/mol. The lowest BCUT2D eigenvalue weighted by Crippen LogP contribution is -2.30. The molecule has 0 unspecified atom stereocenters. The minimum atomic E-state index is -0.901. The molecule has 5 rings (SSSR count). The van der Waals surface area contributed by atoms with Crippen molar-refractivity contribution in [2.24, 2.45) is 12.8 Å². The Labute approximate surface area is 218 Å². The first-order valence-electron chi connectivity index (χ1n) is 11.2. The summed E-state index contributed by atoms with van der Waals surface area (Å²) in [4.78, 5) is 38.7. The van der Waals surface area contributed by atoms with Gasteiger partial charge in [-0.3, -0.25) is 24.4 Å². The number of carbonyl (C=O) groups excluding carboxylic acids is 2. The molecule has 192 valence electrons. The van der Waals surface area contributed by atoms with Crippen molar-refractivity contribution >= 4 is 44.7 Å². The molecule has 3 aromatic heterocycles. The number of para-hydroxylation sites is 2. The van der Waals surface area contributed by atoms with Crippen LogP contribution in [0.25, 0.3) is 20.9 Å². The van der Waals surface area contributed by atoms with E-state index in [1.165, 1.54) is 47.7 Å². The first-order chi connectivity index (χ1) is 18.4. The molecule has 0 bridgehead atoms. The van der Waals surface area contributed by atoms with E-state index in [9.17, 15) is 14.1 Å². The number of carbonyl (C=O) groups is 2. The van der Waals surface area contributed by atoms with E-state index < -0.39 is 24.1 Å². The molecule has 0 saturated heterocycles. The van der Waals surface area contributed by atoms with Crippen molar-refractivity contribution in [2.75, 3.05) is 4.90 Å². The second-order valence-corrected chi connectivity index (χ2v) is 9.18. The molecule has 0 fully saturated rings. The number of aromatic nitrogens is 3. The van der Waals surface area contributed by atoms with E-state index in [-0.39, 0.29) is 22.9 Å². The number of thiophene rings is 1. The molecule has 0 saturated carbocycles. The minimum Gasteiger partial charge on any atom is -0.453 e. The van der Waals surface area contributed by atoms with Crippen LogP contribution in [0.1, 0.15) is 6.42 Å². The van der Waals surface area contributed by atoms with E-state index >= 15 is 4.39 Å². The second kappa shape index (κ2) is 10.3. The van der Waals surface area contributed by atoms with Gasteiger partial charge in [0.1, 0.15) is 18.0 Å². The number of hydrogen-bond donors (Lipinski definition) is 1. The van der Waals surface area contributed by atoms with Crippen molar-refractivity contribution in [1.29, 1.82) is 0 Å². The van der Waals surface area contributed by atoms with Gasteiger partial charge in [0.05, 0.1) is 26.5 Å². The summed E-state index contributed by atoms with van der Waals surface area (Å²) in [5, 5.41) is 0. The Kier molecular flexibility index (Phi) is 6.71. The number of benzene rings is 2. The summed E-state index contributed by atoms with van der Waals surface area (Å²) in [5.74, 6) is -1.79. The molecule has 0 aliphatic rings. The fourth-order valence-electron chi connectivity index (χ4n) is 3.89. The molecule has 5 aromatic rings. The molecule has 0 radical (unpaired) electrons. The highest BCUT2D eigenvalue weighted by atomic mass is 32.1. The van der Waals surface area contributed by atoms with Crippen LogP contribution < -0.4 is 20.3 Å². The maximum atomic E-state index is 15.3. The van der Waals surface area contributed by atoms with Gasteiger partial charge in [-0.15, -0.1) is 11.3 Å². The summed E-state index contributed by atoms with van der Waals surface area (Å²) in [6, 6.07) is 13.0. The Bertz CT molecular complexity index is 1670. The Hall–Kier alpha value is -4.84. The zero-order chi connectivity index (χ0) is 26.8. The van der Waals surface area contributed by atoms with E-state index in [1.54, 1.807) is 18.5 Å². The molecule has 0 aliphatic heterocycles. The lowest BCUT2D eigenvalue weighted by molar-refractivity contribution is -0.125. The lowest BCUT2D eigenvalue weighted by Gasteiger charge is -2.24. The van der Waals surface area contributed by atoms with Crippen LogP contribution in [0.15, 0.2) is 73.2 Å². The Balaban J connectivity index is 1.50. The van der Waals surface area contributed by atoms with Gasteiger partial charge >= 0.3 is 0 Å². The van der Waals surface area contributed by atoms with E-state index in [4.69, 9.17) is 10.5 Å². The number of anilines is 2. The van der Waals surface area contributed by atoms with Crippen molar-refractivity contribution in [2.45, 2.75) is 6.42 Å². The summed E-state index contributed by atoms with van der Waals surface area (Å²) in [5.41, 5.74) is 5.83. The first-order valence-corrected chi connectivity index (χ1v) is 12.0. The summed E-state index contributed by atoms with van der Waals surface area (Å²) in [7, 11) is 1.88. The smallest absolute Gasteiger partial charge is 0.241 e. The SMILES string of the molecule is Cn1ccnc1-c1cc2nccc(Oc3ccc(N(C(=O)CC(N)=O)c4ccccc4OF)cc3F)c2s1. The summed E-state index contributed by atoms with van der Waals surface area (Å²) < 4.78 is 37.0. The van der Waals surface area contributed by atoms with Gasteiger partial charge in [0.25, 0.3) is 0 Å². The standard InChI is InChI=1S/C26H19F2N5O4S/c1-32-11-10-31-26(32)22-13-17-25(38-22)21(8-9-30-17)36-19-7-6-15(12-16(19)27)33(24(35)14-23(29)34)18-4-2-3-5-20(18)37-28/h2-13H,14H2,1H3,(H2,29,34). The van der Waals surface area contributed by atoms with Crippen molar-refractivity contribution < 1.29 is 28.2 Å². The highest BCUT2D eigenvalue weighted by molar-refractivity contribution is 7.22. The number of hydrogen-bond acceptors (Lipinski definition) is 7. The van der Waals surface area contributed by atoms with Crippen LogP contribution in [-0.2, 0) is 16.6 Å². The maximum Gasteiger partial charge on any atom is 0.241 e.